The van der Waals surface area contributed by atoms with Crippen LogP contribution in [0, 0.1) is 0 Å². The van der Waals surface area contributed by atoms with E-state index in [1.54, 1.807) is 0 Å². The van der Waals surface area contributed by atoms with E-state index in [-0.39, 0.29) is 5.54 Å². The predicted molar refractivity (Wildman–Crippen MR) is 72.4 cm³/mol. The molecular weight excluding hydrogens is 226 g/mol. The Hall–Kier alpha value is -0.940. The van der Waals surface area contributed by atoms with Gasteiger partial charge in [0.1, 0.15) is 0 Å². The zero-order valence-electron chi connectivity index (χ0n) is 12.0. The molecule has 5 nitrogen and oxygen atoms in total. The minimum atomic E-state index is 0.0127. The number of aromatic nitrogens is 3. The van der Waals surface area contributed by atoms with Gasteiger partial charge >= 0.3 is 0 Å². The Kier molecular flexibility index (Phi) is 4.02. The molecule has 2 heterocycles. The first-order valence-electron chi connectivity index (χ1n) is 6.79. The van der Waals surface area contributed by atoms with E-state index < -0.39 is 0 Å². The molecule has 0 amide bonds. The highest BCUT2D eigenvalue weighted by Gasteiger charge is 2.18. The second-order valence-corrected chi connectivity index (χ2v) is 6.28. The molecule has 1 aliphatic rings. The van der Waals surface area contributed by atoms with Crippen LogP contribution in [0.25, 0.3) is 0 Å². The van der Waals surface area contributed by atoms with Crippen LogP contribution in [-0.2, 0) is 12.1 Å². The van der Waals surface area contributed by atoms with Crippen molar-refractivity contribution in [2.45, 2.75) is 51.7 Å². The largest absolute Gasteiger partial charge is 0.308 e. The van der Waals surface area contributed by atoms with Gasteiger partial charge in [-0.25, -0.2) is 4.68 Å². The molecular formula is C13H25N5. The van der Waals surface area contributed by atoms with Crippen LogP contribution in [0.5, 0.6) is 0 Å². The summed E-state index contributed by atoms with van der Waals surface area (Å²) < 4.78 is 1.93. The molecule has 0 bridgehead atoms. The van der Waals surface area contributed by atoms with Gasteiger partial charge in [-0.2, -0.15) is 0 Å². The lowest BCUT2D eigenvalue weighted by molar-refractivity contribution is 0.233. The average Bonchev–Trinajstić information content (AvgIpc) is 2.77. The lowest BCUT2D eigenvalue weighted by Gasteiger charge is -2.29. The number of nitrogens with zero attached hydrogens (tertiary/aromatic N) is 4. The standard InChI is InChI=1S/C13H25N5/c1-13(2,3)18-10-12(15-16-18)9-14-11-5-7-17(4)8-6-11/h10-11,14H,5-9H2,1-4H3. The third-order valence-corrected chi connectivity index (χ3v) is 3.52. The van der Waals surface area contributed by atoms with Gasteiger partial charge in [0.2, 0.25) is 0 Å². The normalized spacial score (nSPS) is 19.3. The van der Waals surface area contributed by atoms with Crippen LogP contribution in [0.2, 0.25) is 0 Å². The number of hydrogen-bond acceptors (Lipinski definition) is 4. The maximum absolute atomic E-state index is 4.22. The van der Waals surface area contributed by atoms with Crippen molar-refractivity contribution in [1.82, 2.24) is 25.2 Å². The van der Waals surface area contributed by atoms with Crippen molar-refractivity contribution in [3.8, 4) is 0 Å². The molecule has 0 spiro atoms. The van der Waals surface area contributed by atoms with Crippen LogP contribution in [0.4, 0.5) is 0 Å². The molecule has 0 radical (unpaired) electrons. The first-order valence-corrected chi connectivity index (χ1v) is 6.79. The lowest BCUT2D eigenvalue weighted by Crippen LogP contribution is -2.40. The summed E-state index contributed by atoms with van der Waals surface area (Å²) in [4.78, 5) is 2.38. The van der Waals surface area contributed by atoms with E-state index in [0.717, 1.165) is 12.2 Å². The molecule has 0 aliphatic carbocycles. The van der Waals surface area contributed by atoms with Gasteiger partial charge in [-0.05, 0) is 53.8 Å². The van der Waals surface area contributed by atoms with Crippen molar-refractivity contribution in [3.63, 3.8) is 0 Å². The minimum Gasteiger partial charge on any atom is -0.308 e. The van der Waals surface area contributed by atoms with Crippen molar-refractivity contribution in [3.05, 3.63) is 11.9 Å². The zero-order valence-corrected chi connectivity index (χ0v) is 12.0. The first-order chi connectivity index (χ1) is 8.45. The summed E-state index contributed by atoms with van der Waals surface area (Å²) in [5.74, 6) is 0. The summed E-state index contributed by atoms with van der Waals surface area (Å²) in [5, 5.41) is 12.0. The fraction of sp³-hybridized carbons (Fsp3) is 0.846. The molecule has 0 aromatic carbocycles. The SMILES string of the molecule is CN1CCC(NCc2cn(C(C)(C)C)nn2)CC1. The first kappa shape index (κ1) is 13.5. The number of piperidine rings is 1. The molecule has 1 aliphatic heterocycles. The van der Waals surface area contributed by atoms with Crippen molar-refractivity contribution in [2.75, 3.05) is 20.1 Å². The Bertz CT molecular complexity index is 371. The fourth-order valence-corrected chi connectivity index (χ4v) is 2.17. The van der Waals surface area contributed by atoms with Gasteiger partial charge in [0.25, 0.3) is 0 Å². The Morgan fingerprint density at radius 1 is 1.33 bits per heavy atom. The van der Waals surface area contributed by atoms with E-state index >= 15 is 0 Å². The second-order valence-electron chi connectivity index (χ2n) is 6.28. The Morgan fingerprint density at radius 3 is 2.56 bits per heavy atom. The molecule has 102 valence electrons. The van der Waals surface area contributed by atoms with Gasteiger partial charge in [-0.1, -0.05) is 5.21 Å². The van der Waals surface area contributed by atoms with Gasteiger partial charge in [0.15, 0.2) is 0 Å². The van der Waals surface area contributed by atoms with Crippen molar-refractivity contribution in [2.24, 2.45) is 0 Å². The number of rotatable bonds is 3. The van der Waals surface area contributed by atoms with Crippen molar-refractivity contribution >= 4 is 0 Å². The van der Waals surface area contributed by atoms with Gasteiger partial charge in [-0.3, -0.25) is 0 Å². The van der Waals surface area contributed by atoms with Gasteiger partial charge in [-0.15, -0.1) is 5.10 Å². The number of hydrogen-bond donors (Lipinski definition) is 1. The minimum absolute atomic E-state index is 0.0127. The van der Waals surface area contributed by atoms with E-state index in [4.69, 9.17) is 0 Å². The van der Waals surface area contributed by atoms with Crippen LogP contribution < -0.4 is 5.32 Å². The van der Waals surface area contributed by atoms with Crippen LogP contribution in [0.15, 0.2) is 6.20 Å². The summed E-state index contributed by atoms with van der Waals surface area (Å²) >= 11 is 0. The zero-order chi connectivity index (χ0) is 13.2. The molecule has 5 heteroatoms. The summed E-state index contributed by atoms with van der Waals surface area (Å²) in [6, 6.07) is 0.626. The van der Waals surface area contributed by atoms with Crippen LogP contribution in [0.3, 0.4) is 0 Å². The highest BCUT2D eigenvalue weighted by molar-refractivity contribution is 4.95. The Labute approximate surface area is 110 Å². The Balaban J connectivity index is 1.82. The van der Waals surface area contributed by atoms with Crippen LogP contribution in [-0.4, -0.2) is 46.1 Å². The van der Waals surface area contributed by atoms with E-state index in [9.17, 15) is 0 Å². The molecule has 0 unspecified atom stereocenters. The quantitative estimate of drug-likeness (QED) is 0.877. The summed E-state index contributed by atoms with van der Waals surface area (Å²) in [5.41, 5.74) is 1.04. The molecule has 1 N–H and O–H groups in total. The topological polar surface area (TPSA) is 46.0 Å². The van der Waals surface area contributed by atoms with E-state index in [1.807, 2.05) is 10.9 Å². The maximum atomic E-state index is 4.22. The van der Waals surface area contributed by atoms with Crippen LogP contribution >= 0.6 is 0 Å². The van der Waals surface area contributed by atoms with E-state index in [1.165, 1.54) is 25.9 Å². The number of likely N-dealkylation sites (tertiary alicyclic amines) is 1. The molecule has 0 atom stereocenters. The van der Waals surface area contributed by atoms with E-state index in [2.05, 4.69) is 48.3 Å². The maximum Gasteiger partial charge on any atom is 0.0965 e. The highest BCUT2D eigenvalue weighted by Crippen LogP contribution is 2.12. The molecule has 1 saturated heterocycles. The van der Waals surface area contributed by atoms with Gasteiger partial charge < -0.3 is 10.2 Å². The second kappa shape index (κ2) is 5.36. The summed E-state index contributed by atoms with van der Waals surface area (Å²) in [7, 11) is 2.19. The van der Waals surface area contributed by atoms with Crippen molar-refractivity contribution < 1.29 is 0 Å². The van der Waals surface area contributed by atoms with E-state index in [0.29, 0.717) is 6.04 Å². The van der Waals surface area contributed by atoms with Gasteiger partial charge in [0.05, 0.1) is 17.4 Å². The smallest absolute Gasteiger partial charge is 0.0965 e. The predicted octanol–water partition coefficient (Wildman–Crippen LogP) is 1.22. The fourth-order valence-electron chi connectivity index (χ4n) is 2.17. The highest BCUT2D eigenvalue weighted by atomic mass is 15.4. The Morgan fingerprint density at radius 2 is 2.00 bits per heavy atom. The lowest BCUT2D eigenvalue weighted by atomic mass is 10.1. The molecule has 1 aromatic rings. The average molecular weight is 251 g/mol. The van der Waals surface area contributed by atoms with Gasteiger partial charge in [0, 0.05) is 12.6 Å². The molecule has 1 aromatic heterocycles. The third-order valence-electron chi connectivity index (χ3n) is 3.52. The third kappa shape index (κ3) is 3.53. The van der Waals surface area contributed by atoms with Crippen LogP contribution in [0.1, 0.15) is 39.3 Å². The summed E-state index contributed by atoms with van der Waals surface area (Å²) in [6.45, 7) is 9.60. The molecule has 18 heavy (non-hydrogen) atoms. The monoisotopic (exact) mass is 251 g/mol. The summed E-state index contributed by atoms with van der Waals surface area (Å²) in [6.07, 6.45) is 4.50. The molecule has 2 rings (SSSR count). The molecule has 0 saturated carbocycles. The molecule has 1 fully saturated rings. The number of nitrogens with one attached hydrogen (secondary N) is 1. The van der Waals surface area contributed by atoms with Crippen molar-refractivity contribution in [1.29, 1.82) is 0 Å².